The summed E-state index contributed by atoms with van der Waals surface area (Å²) < 4.78 is 0. The molecule has 0 aliphatic carbocycles. The molecule has 4 rings (SSSR count). The first-order chi connectivity index (χ1) is 22.6. The molecule has 0 aliphatic rings. The molecule has 4 atom stereocenters. The fourth-order valence-electron chi connectivity index (χ4n) is 5.34. The molecule has 0 radical (unpaired) electrons. The smallest absolute Gasteiger partial charge is 0.326 e. The predicted molar refractivity (Wildman–Crippen MR) is 178 cm³/mol. The Morgan fingerprint density at radius 3 is 2.00 bits per heavy atom. The molecule has 0 bridgehead atoms. The van der Waals surface area contributed by atoms with Crippen LogP contribution in [0.2, 0.25) is 0 Å². The van der Waals surface area contributed by atoms with Gasteiger partial charge in [-0.2, -0.15) is 0 Å². The fraction of sp³-hybridized carbons (Fsp3) is 0.314. The van der Waals surface area contributed by atoms with Crippen molar-refractivity contribution in [2.75, 3.05) is 6.54 Å². The summed E-state index contributed by atoms with van der Waals surface area (Å²) in [6.07, 6.45) is 3.45. The maximum absolute atomic E-state index is 13.7. The van der Waals surface area contributed by atoms with Crippen molar-refractivity contribution in [3.05, 3.63) is 102 Å². The zero-order valence-corrected chi connectivity index (χ0v) is 26.0. The number of phenolic OH excluding ortho intramolecular Hbond substituents is 1. The standard InChI is InChI=1S/C35H42N6O6/c36-17-7-6-12-29(39-32(43)27(37)20-24-21-38-28-11-5-4-10-26(24)28)33(44)40-30(18-23-13-15-25(42)16-14-23)34(45)41-31(35(46)47)19-22-8-2-1-3-9-22/h1-5,8-11,13-16,21,27,29-31,38,42H,6-7,12,17-20,36-37H2,(H,39,43)(H,40,44)(H,41,45)(H,46,47). The van der Waals surface area contributed by atoms with E-state index < -0.39 is 47.9 Å². The van der Waals surface area contributed by atoms with Crippen LogP contribution in [0.4, 0.5) is 0 Å². The van der Waals surface area contributed by atoms with E-state index in [1.807, 2.05) is 24.3 Å². The summed E-state index contributed by atoms with van der Waals surface area (Å²) in [5, 5.41) is 28.6. The third-order valence-electron chi connectivity index (χ3n) is 7.94. The zero-order valence-electron chi connectivity index (χ0n) is 26.0. The first kappa shape index (κ1) is 34.7. The quantitative estimate of drug-likeness (QED) is 0.0795. The number of fused-ring (bicyclic) bond motifs is 1. The average molecular weight is 643 g/mol. The normalized spacial score (nSPS) is 13.7. The molecule has 1 heterocycles. The number of carboxylic acid groups (broad SMARTS) is 1. The van der Waals surface area contributed by atoms with E-state index in [4.69, 9.17) is 11.5 Å². The molecular weight excluding hydrogens is 600 g/mol. The SMILES string of the molecule is NCCCCC(NC(=O)C(N)Cc1c[nH]c2ccccc12)C(=O)NC(Cc1ccc(O)cc1)C(=O)NC(Cc1ccccc1)C(=O)O. The molecule has 248 valence electrons. The number of para-hydroxylation sites is 1. The van der Waals surface area contributed by atoms with Gasteiger partial charge in [0.15, 0.2) is 0 Å². The number of aromatic hydroxyl groups is 1. The minimum atomic E-state index is -1.26. The van der Waals surface area contributed by atoms with Gasteiger partial charge in [0.25, 0.3) is 0 Å². The number of phenols is 1. The van der Waals surface area contributed by atoms with Crippen molar-refractivity contribution < 1.29 is 29.4 Å². The fourth-order valence-corrected chi connectivity index (χ4v) is 5.34. The van der Waals surface area contributed by atoms with Gasteiger partial charge < -0.3 is 42.6 Å². The number of nitrogens with one attached hydrogen (secondary N) is 4. The molecule has 0 spiro atoms. The Balaban J connectivity index is 1.50. The van der Waals surface area contributed by atoms with Gasteiger partial charge in [-0.25, -0.2) is 4.79 Å². The Bertz CT molecular complexity index is 1640. The predicted octanol–water partition coefficient (Wildman–Crippen LogP) is 1.90. The Morgan fingerprint density at radius 2 is 1.30 bits per heavy atom. The van der Waals surface area contributed by atoms with Crippen LogP contribution in [-0.2, 0) is 38.4 Å². The van der Waals surface area contributed by atoms with E-state index in [1.54, 1.807) is 48.7 Å². The van der Waals surface area contributed by atoms with Crippen molar-refractivity contribution in [2.24, 2.45) is 11.5 Å². The Hall–Kier alpha value is -5.20. The van der Waals surface area contributed by atoms with E-state index >= 15 is 0 Å². The Kier molecular flexibility index (Phi) is 12.5. The number of aromatic amines is 1. The maximum atomic E-state index is 13.7. The molecule has 0 fully saturated rings. The van der Waals surface area contributed by atoms with Crippen LogP contribution in [0.25, 0.3) is 10.9 Å². The number of aromatic nitrogens is 1. The van der Waals surface area contributed by atoms with E-state index in [0.717, 1.165) is 16.5 Å². The van der Waals surface area contributed by atoms with E-state index in [-0.39, 0.29) is 31.4 Å². The number of nitrogens with two attached hydrogens (primary N) is 2. The van der Waals surface area contributed by atoms with E-state index in [0.29, 0.717) is 30.5 Å². The highest BCUT2D eigenvalue weighted by Crippen LogP contribution is 2.19. The Morgan fingerprint density at radius 1 is 0.702 bits per heavy atom. The molecule has 4 aromatic rings. The second-order valence-corrected chi connectivity index (χ2v) is 11.5. The summed E-state index contributed by atoms with van der Waals surface area (Å²) in [6.45, 7) is 0.395. The largest absolute Gasteiger partial charge is 0.508 e. The maximum Gasteiger partial charge on any atom is 0.326 e. The van der Waals surface area contributed by atoms with Crippen LogP contribution in [-0.4, -0.2) is 69.6 Å². The molecule has 3 aromatic carbocycles. The highest BCUT2D eigenvalue weighted by atomic mass is 16.4. The molecule has 10 N–H and O–H groups in total. The summed E-state index contributed by atoms with van der Waals surface area (Å²) in [5.41, 5.74) is 15.1. The van der Waals surface area contributed by atoms with E-state index in [2.05, 4.69) is 20.9 Å². The molecule has 47 heavy (non-hydrogen) atoms. The van der Waals surface area contributed by atoms with E-state index in [9.17, 15) is 29.4 Å². The summed E-state index contributed by atoms with van der Waals surface area (Å²) in [4.78, 5) is 55.8. The number of carboxylic acids is 1. The van der Waals surface area contributed by atoms with Crippen molar-refractivity contribution in [3.63, 3.8) is 0 Å². The Labute approximate surface area is 272 Å². The molecule has 12 nitrogen and oxygen atoms in total. The van der Waals surface area contributed by atoms with Crippen LogP contribution < -0.4 is 27.4 Å². The van der Waals surface area contributed by atoms with Gasteiger partial charge in [0.05, 0.1) is 6.04 Å². The number of H-pyrrole nitrogens is 1. The van der Waals surface area contributed by atoms with Crippen molar-refractivity contribution in [1.82, 2.24) is 20.9 Å². The molecule has 0 aliphatic heterocycles. The van der Waals surface area contributed by atoms with Crippen LogP contribution in [0.5, 0.6) is 5.75 Å². The minimum Gasteiger partial charge on any atom is -0.508 e. The minimum absolute atomic E-state index is 0.000919. The van der Waals surface area contributed by atoms with Crippen LogP contribution in [0.1, 0.15) is 36.0 Å². The average Bonchev–Trinajstić information content (AvgIpc) is 3.47. The summed E-state index contributed by atoms with van der Waals surface area (Å²) in [7, 11) is 0. The number of amides is 3. The van der Waals surface area contributed by atoms with Crippen molar-refractivity contribution in [3.8, 4) is 5.75 Å². The molecule has 3 amide bonds. The number of unbranched alkanes of at least 4 members (excludes halogenated alkanes) is 1. The summed E-state index contributed by atoms with van der Waals surface area (Å²) in [5.74, 6) is -3.06. The van der Waals surface area contributed by atoms with E-state index in [1.165, 1.54) is 12.1 Å². The van der Waals surface area contributed by atoms with Crippen molar-refractivity contribution in [2.45, 2.75) is 62.7 Å². The number of rotatable bonds is 17. The number of carbonyl (C=O) groups excluding carboxylic acids is 3. The van der Waals surface area contributed by atoms with Gasteiger partial charge in [0, 0.05) is 29.9 Å². The lowest BCUT2D eigenvalue weighted by Crippen LogP contribution is -2.58. The third kappa shape index (κ3) is 10.1. The van der Waals surface area contributed by atoms with Gasteiger partial charge in [-0.1, -0.05) is 60.7 Å². The first-order valence-electron chi connectivity index (χ1n) is 15.6. The number of carbonyl (C=O) groups is 4. The number of hydrogen-bond acceptors (Lipinski definition) is 7. The lowest BCUT2D eigenvalue weighted by atomic mass is 10.0. The van der Waals surface area contributed by atoms with Gasteiger partial charge >= 0.3 is 5.97 Å². The molecule has 0 saturated carbocycles. The second kappa shape index (κ2) is 16.9. The molecule has 12 heteroatoms. The van der Waals surface area contributed by atoms with Crippen LogP contribution >= 0.6 is 0 Å². The number of benzene rings is 3. The molecule has 1 aromatic heterocycles. The zero-order chi connectivity index (χ0) is 33.8. The molecular formula is C35H42N6O6. The van der Waals surface area contributed by atoms with Gasteiger partial charge in [0.2, 0.25) is 17.7 Å². The van der Waals surface area contributed by atoms with Crippen LogP contribution in [0, 0.1) is 0 Å². The topological polar surface area (TPSA) is 213 Å². The van der Waals surface area contributed by atoms with Crippen LogP contribution in [0.15, 0.2) is 85.1 Å². The summed E-state index contributed by atoms with van der Waals surface area (Å²) in [6, 6.07) is 18.2. The van der Waals surface area contributed by atoms with Gasteiger partial charge in [-0.3, -0.25) is 14.4 Å². The van der Waals surface area contributed by atoms with Crippen LogP contribution in [0.3, 0.4) is 0 Å². The van der Waals surface area contributed by atoms with Gasteiger partial charge in [-0.15, -0.1) is 0 Å². The molecule has 4 unspecified atom stereocenters. The summed E-state index contributed by atoms with van der Waals surface area (Å²) >= 11 is 0. The highest BCUT2D eigenvalue weighted by molar-refractivity contribution is 5.94. The van der Waals surface area contributed by atoms with Gasteiger partial charge in [0.1, 0.15) is 23.9 Å². The lowest BCUT2D eigenvalue weighted by molar-refractivity contribution is -0.142. The second-order valence-electron chi connectivity index (χ2n) is 11.5. The molecule has 0 saturated heterocycles. The first-order valence-corrected chi connectivity index (χ1v) is 15.6. The number of aliphatic carboxylic acids is 1. The van der Waals surface area contributed by atoms with Crippen molar-refractivity contribution in [1.29, 1.82) is 0 Å². The lowest BCUT2D eigenvalue weighted by Gasteiger charge is -2.25. The highest BCUT2D eigenvalue weighted by Gasteiger charge is 2.31. The number of hydrogen-bond donors (Lipinski definition) is 8. The third-order valence-corrected chi connectivity index (χ3v) is 7.94. The monoisotopic (exact) mass is 642 g/mol. The van der Waals surface area contributed by atoms with Gasteiger partial charge in [-0.05, 0) is 67.1 Å². The van der Waals surface area contributed by atoms with Crippen molar-refractivity contribution >= 4 is 34.6 Å².